The average molecular weight is 318 g/mol. The Balaban J connectivity index is 0.00000161. The minimum atomic E-state index is 0. The maximum absolute atomic E-state index is 3.83. The Bertz CT molecular complexity index is 245. The van der Waals surface area contributed by atoms with Crippen molar-refractivity contribution < 1.29 is 0 Å². The quantitative estimate of drug-likeness (QED) is 0.726. The van der Waals surface area contributed by atoms with Crippen LogP contribution in [0.25, 0.3) is 0 Å². The second-order valence-electron chi connectivity index (χ2n) is 7.84. The van der Waals surface area contributed by atoms with E-state index in [1.54, 1.807) is 25.7 Å². The van der Waals surface area contributed by atoms with Crippen LogP contribution in [0.15, 0.2) is 0 Å². The minimum absolute atomic E-state index is 0. The third-order valence-corrected chi connectivity index (χ3v) is 6.48. The van der Waals surface area contributed by atoms with Crippen LogP contribution in [0, 0.1) is 17.8 Å². The molecule has 1 unspecified atom stereocenters. The van der Waals surface area contributed by atoms with Gasteiger partial charge in [0.15, 0.2) is 0 Å². The normalized spacial score (nSPS) is 29.3. The van der Waals surface area contributed by atoms with Crippen molar-refractivity contribution in [3.8, 4) is 0 Å². The average Bonchev–Trinajstić information content (AvgIpc) is 2.55. The number of hydrogen-bond acceptors (Lipinski definition) is 1. The zero-order valence-corrected chi connectivity index (χ0v) is 16.3. The first-order valence-corrected chi connectivity index (χ1v) is 9.67. The third kappa shape index (κ3) is 5.66. The molecule has 21 heavy (non-hydrogen) atoms. The standard InChI is InChI=1S/C19H35N.Ca/c1-3-9-16(10-4-1)19(17-11-5-2-6-12-17)15-18-13-7-8-14-20-18;/h16-20H,1-15H2;/q;+2. The zero-order valence-electron chi connectivity index (χ0n) is 14.1. The molecule has 0 aromatic heterocycles. The van der Waals surface area contributed by atoms with Crippen molar-refractivity contribution in [2.45, 2.75) is 95.9 Å². The number of hydrogen-bond donors (Lipinski definition) is 1. The smallest absolute Gasteiger partial charge is 0.314 e. The summed E-state index contributed by atoms with van der Waals surface area (Å²) in [5.41, 5.74) is 0. The van der Waals surface area contributed by atoms with Crippen molar-refractivity contribution in [3.63, 3.8) is 0 Å². The van der Waals surface area contributed by atoms with E-state index in [-0.39, 0.29) is 37.7 Å². The van der Waals surface area contributed by atoms with Gasteiger partial charge in [-0.2, -0.15) is 0 Å². The molecule has 0 aromatic carbocycles. The van der Waals surface area contributed by atoms with Crippen molar-refractivity contribution in [3.05, 3.63) is 0 Å². The first kappa shape index (κ1) is 18.6. The molecule has 1 nitrogen and oxygen atoms in total. The van der Waals surface area contributed by atoms with Crippen LogP contribution < -0.4 is 5.32 Å². The molecule has 0 radical (unpaired) electrons. The molecule has 0 bridgehead atoms. The van der Waals surface area contributed by atoms with E-state index in [9.17, 15) is 0 Å². The summed E-state index contributed by atoms with van der Waals surface area (Å²) in [6.07, 6.45) is 21.1. The van der Waals surface area contributed by atoms with E-state index in [1.165, 1.54) is 70.8 Å². The Morgan fingerprint density at radius 1 is 0.667 bits per heavy atom. The molecule has 1 atom stereocenters. The summed E-state index contributed by atoms with van der Waals surface area (Å²) in [6, 6.07) is 0.859. The second kappa shape index (κ2) is 10.2. The van der Waals surface area contributed by atoms with E-state index in [1.807, 2.05) is 0 Å². The Morgan fingerprint density at radius 3 is 1.67 bits per heavy atom. The van der Waals surface area contributed by atoms with E-state index in [2.05, 4.69) is 5.32 Å². The third-order valence-electron chi connectivity index (χ3n) is 6.48. The summed E-state index contributed by atoms with van der Waals surface area (Å²) in [6.45, 7) is 1.28. The predicted octanol–water partition coefficient (Wildman–Crippen LogP) is 4.91. The molecule has 116 valence electrons. The summed E-state index contributed by atoms with van der Waals surface area (Å²) < 4.78 is 0. The molecule has 1 heterocycles. The van der Waals surface area contributed by atoms with Gasteiger partial charge in [-0.15, -0.1) is 0 Å². The van der Waals surface area contributed by atoms with Crippen molar-refractivity contribution >= 4 is 37.7 Å². The van der Waals surface area contributed by atoms with Gasteiger partial charge in [-0.3, -0.25) is 0 Å². The van der Waals surface area contributed by atoms with Gasteiger partial charge < -0.3 is 5.32 Å². The van der Waals surface area contributed by atoms with Crippen LogP contribution in [0.2, 0.25) is 0 Å². The summed E-state index contributed by atoms with van der Waals surface area (Å²) in [5, 5.41) is 3.83. The van der Waals surface area contributed by atoms with Gasteiger partial charge >= 0.3 is 37.7 Å². The maximum atomic E-state index is 3.83. The van der Waals surface area contributed by atoms with E-state index >= 15 is 0 Å². The molecular formula is C19H35CaN+2. The van der Waals surface area contributed by atoms with Crippen LogP contribution in [0.3, 0.4) is 0 Å². The van der Waals surface area contributed by atoms with Crippen LogP contribution in [0.5, 0.6) is 0 Å². The second-order valence-corrected chi connectivity index (χ2v) is 7.84. The van der Waals surface area contributed by atoms with Crippen molar-refractivity contribution in [2.24, 2.45) is 17.8 Å². The molecule has 0 spiro atoms. The first-order chi connectivity index (χ1) is 9.93. The zero-order chi connectivity index (χ0) is 13.6. The number of nitrogens with one attached hydrogen (secondary N) is 1. The molecule has 3 fully saturated rings. The van der Waals surface area contributed by atoms with Crippen LogP contribution in [-0.4, -0.2) is 50.3 Å². The van der Waals surface area contributed by atoms with Gasteiger partial charge in [0.2, 0.25) is 0 Å². The molecule has 1 saturated heterocycles. The Morgan fingerprint density at radius 2 is 1.19 bits per heavy atom. The largest absolute Gasteiger partial charge is 2.00 e. The van der Waals surface area contributed by atoms with Gasteiger partial charge in [-0.05, 0) is 43.6 Å². The summed E-state index contributed by atoms with van der Waals surface area (Å²) >= 11 is 0. The van der Waals surface area contributed by atoms with Crippen LogP contribution >= 0.6 is 0 Å². The molecule has 1 aliphatic heterocycles. The molecule has 1 N–H and O–H groups in total. The van der Waals surface area contributed by atoms with E-state index < -0.39 is 0 Å². The molecule has 3 aliphatic rings. The number of piperidine rings is 1. The van der Waals surface area contributed by atoms with Gasteiger partial charge in [0, 0.05) is 6.04 Å². The fourth-order valence-corrected chi connectivity index (χ4v) is 5.35. The molecule has 2 heteroatoms. The first-order valence-electron chi connectivity index (χ1n) is 9.67. The van der Waals surface area contributed by atoms with Crippen molar-refractivity contribution in [1.82, 2.24) is 5.32 Å². The van der Waals surface area contributed by atoms with Gasteiger partial charge in [0.1, 0.15) is 0 Å². The summed E-state index contributed by atoms with van der Waals surface area (Å²) in [4.78, 5) is 0. The van der Waals surface area contributed by atoms with Crippen LogP contribution in [0.4, 0.5) is 0 Å². The molecule has 3 rings (SSSR count). The van der Waals surface area contributed by atoms with Gasteiger partial charge in [-0.25, -0.2) is 0 Å². The summed E-state index contributed by atoms with van der Waals surface area (Å²) in [5.74, 6) is 3.22. The van der Waals surface area contributed by atoms with Gasteiger partial charge in [-0.1, -0.05) is 70.6 Å². The predicted molar refractivity (Wildman–Crippen MR) is 92.7 cm³/mol. The van der Waals surface area contributed by atoms with E-state index in [0.29, 0.717) is 0 Å². The fourth-order valence-electron chi connectivity index (χ4n) is 5.35. The Kier molecular flexibility index (Phi) is 8.98. The minimum Gasteiger partial charge on any atom is -0.314 e. The number of rotatable bonds is 4. The topological polar surface area (TPSA) is 12.0 Å². The fraction of sp³-hybridized carbons (Fsp3) is 1.00. The Hall–Kier alpha value is 1.22. The van der Waals surface area contributed by atoms with Crippen molar-refractivity contribution in [2.75, 3.05) is 6.54 Å². The van der Waals surface area contributed by atoms with Crippen LogP contribution in [0.1, 0.15) is 89.9 Å². The molecule has 0 aromatic rings. The summed E-state index contributed by atoms with van der Waals surface area (Å²) in [7, 11) is 0. The molecule has 0 amide bonds. The molecule has 2 saturated carbocycles. The van der Waals surface area contributed by atoms with E-state index in [0.717, 1.165) is 23.8 Å². The van der Waals surface area contributed by atoms with Crippen LogP contribution in [-0.2, 0) is 0 Å². The molecule has 2 aliphatic carbocycles. The Labute approximate surface area is 162 Å². The van der Waals surface area contributed by atoms with E-state index in [4.69, 9.17) is 0 Å². The molecular weight excluding hydrogens is 282 g/mol. The maximum Gasteiger partial charge on any atom is 2.00 e. The van der Waals surface area contributed by atoms with Crippen molar-refractivity contribution in [1.29, 1.82) is 0 Å². The SMILES string of the molecule is C1CCC(C(CC2CCCCN2)C2CCCCC2)CC1.[Ca+2]. The monoisotopic (exact) mass is 317 g/mol. The van der Waals surface area contributed by atoms with Gasteiger partial charge in [0.25, 0.3) is 0 Å². The van der Waals surface area contributed by atoms with Gasteiger partial charge in [0.05, 0.1) is 0 Å².